The first-order valence-corrected chi connectivity index (χ1v) is 4.70. The van der Waals surface area contributed by atoms with Crippen LogP contribution in [0.15, 0.2) is 0 Å². The molecule has 0 aliphatic rings. The van der Waals surface area contributed by atoms with Gasteiger partial charge in [0.15, 0.2) is 0 Å². The number of carbonyl (C=O) groups excluding carboxylic acids is 1. The topological polar surface area (TPSA) is 61.5 Å². The highest BCUT2D eigenvalue weighted by atomic mass is 16.5. The summed E-state index contributed by atoms with van der Waals surface area (Å²) in [5.74, 6) is -0.407. The Morgan fingerprint density at radius 2 is 1.79 bits per heavy atom. The van der Waals surface area contributed by atoms with Gasteiger partial charge < -0.3 is 15.2 Å². The normalized spacial score (nSPS) is 16.1. The van der Waals surface area contributed by atoms with Crippen molar-refractivity contribution in [1.82, 2.24) is 0 Å². The third-order valence-electron chi connectivity index (χ3n) is 1.81. The van der Waals surface area contributed by atoms with E-state index in [1.807, 2.05) is 20.8 Å². The van der Waals surface area contributed by atoms with Crippen molar-refractivity contribution in [2.45, 2.75) is 45.3 Å². The van der Waals surface area contributed by atoms with Gasteiger partial charge in [0.2, 0.25) is 0 Å². The zero-order chi connectivity index (χ0) is 11.4. The summed E-state index contributed by atoms with van der Waals surface area (Å²) in [7, 11) is 1.33. The van der Waals surface area contributed by atoms with E-state index >= 15 is 0 Å². The Morgan fingerprint density at radius 3 is 2.14 bits per heavy atom. The highest BCUT2D eigenvalue weighted by molar-refractivity contribution is 5.79. The molecule has 0 aliphatic heterocycles. The molecule has 84 valence electrons. The number of methoxy groups -OCH3 is 1. The minimum absolute atomic E-state index is 0.202. The zero-order valence-corrected chi connectivity index (χ0v) is 9.72. The summed E-state index contributed by atoms with van der Waals surface area (Å²) in [4.78, 5) is 11.2. The van der Waals surface area contributed by atoms with Gasteiger partial charge in [-0.3, -0.25) is 4.79 Å². The van der Waals surface area contributed by atoms with Gasteiger partial charge >= 0.3 is 5.97 Å². The van der Waals surface area contributed by atoms with Gasteiger partial charge in [0.05, 0.1) is 12.7 Å². The molecule has 14 heavy (non-hydrogen) atoms. The molecular weight excluding hydrogens is 182 g/mol. The molecule has 2 N–H and O–H groups in total. The van der Waals surface area contributed by atoms with E-state index in [2.05, 4.69) is 4.74 Å². The van der Waals surface area contributed by atoms with Crippen molar-refractivity contribution >= 4 is 5.97 Å². The maximum Gasteiger partial charge on any atom is 0.325 e. The highest BCUT2D eigenvalue weighted by Gasteiger charge is 2.29. The Hall–Kier alpha value is -0.610. The standard InChI is InChI=1S/C10H21NO3/c1-9(2,3)14-7-6-10(4,11)8(12)13-5/h6-7,11H2,1-5H3. The molecule has 0 bridgehead atoms. The summed E-state index contributed by atoms with van der Waals surface area (Å²) in [5.41, 5.74) is 4.59. The molecule has 0 radical (unpaired) electrons. The fourth-order valence-electron chi connectivity index (χ4n) is 0.904. The van der Waals surface area contributed by atoms with Gasteiger partial charge in [0.25, 0.3) is 0 Å². The molecule has 0 saturated carbocycles. The molecule has 0 heterocycles. The number of esters is 1. The Labute approximate surface area is 85.8 Å². The molecule has 1 unspecified atom stereocenters. The quantitative estimate of drug-likeness (QED) is 0.694. The summed E-state index contributed by atoms with van der Waals surface area (Å²) < 4.78 is 10.1. The number of rotatable bonds is 4. The van der Waals surface area contributed by atoms with E-state index < -0.39 is 11.5 Å². The monoisotopic (exact) mass is 203 g/mol. The van der Waals surface area contributed by atoms with Crippen LogP contribution in [0.2, 0.25) is 0 Å². The molecule has 0 aromatic rings. The van der Waals surface area contributed by atoms with Crippen LogP contribution in [0.1, 0.15) is 34.1 Å². The van der Waals surface area contributed by atoms with Gasteiger partial charge in [0, 0.05) is 6.61 Å². The van der Waals surface area contributed by atoms with Crippen LogP contribution in [0, 0.1) is 0 Å². The summed E-state index contributed by atoms with van der Waals surface area (Å²) in [6.45, 7) is 7.97. The second-order valence-electron chi connectivity index (χ2n) is 4.62. The minimum atomic E-state index is -0.958. The summed E-state index contributed by atoms with van der Waals surface area (Å²) >= 11 is 0. The van der Waals surface area contributed by atoms with Crippen LogP contribution in [-0.2, 0) is 14.3 Å². The van der Waals surface area contributed by atoms with Crippen molar-refractivity contribution in [3.8, 4) is 0 Å². The molecule has 0 fully saturated rings. The maximum atomic E-state index is 11.2. The first kappa shape index (κ1) is 13.4. The molecule has 4 heteroatoms. The van der Waals surface area contributed by atoms with E-state index in [9.17, 15) is 4.79 Å². The van der Waals surface area contributed by atoms with Crippen LogP contribution in [0.3, 0.4) is 0 Å². The third kappa shape index (κ3) is 5.19. The number of ether oxygens (including phenoxy) is 2. The summed E-state index contributed by atoms with van der Waals surface area (Å²) in [5, 5.41) is 0. The zero-order valence-electron chi connectivity index (χ0n) is 9.72. The molecule has 0 aromatic carbocycles. The van der Waals surface area contributed by atoms with Crippen LogP contribution >= 0.6 is 0 Å². The lowest BCUT2D eigenvalue weighted by atomic mass is 10.0. The smallest absolute Gasteiger partial charge is 0.325 e. The lowest BCUT2D eigenvalue weighted by Crippen LogP contribution is -2.47. The van der Waals surface area contributed by atoms with Crippen LogP contribution in [0.4, 0.5) is 0 Å². The minimum Gasteiger partial charge on any atom is -0.468 e. The third-order valence-corrected chi connectivity index (χ3v) is 1.81. The maximum absolute atomic E-state index is 11.2. The molecule has 0 rings (SSSR count). The predicted octanol–water partition coefficient (Wildman–Crippen LogP) is 1.08. The second kappa shape index (κ2) is 4.75. The van der Waals surface area contributed by atoms with E-state index in [1.165, 1.54) is 7.11 Å². The van der Waals surface area contributed by atoms with Gasteiger partial charge in [-0.15, -0.1) is 0 Å². The average molecular weight is 203 g/mol. The molecule has 0 amide bonds. The fraction of sp³-hybridized carbons (Fsp3) is 0.900. The Kier molecular flexibility index (Phi) is 4.55. The lowest BCUT2D eigenvalue weighted by molar-refractivity contribution is -0.147. The largest absolute Gasteiger partial charge is 0.468 e. The van der Waals surface area contributed by atoms with E-state index in [4.69, 9.17) is 10.5 Å². The van der Waals surface area contributed by atoms with Crippen LogP contribution < -0.4 is 5.73 Å². The lowest BCUT2D eigenvalue weighted by Gasteiger charge is -2.25. The summed E-state index contributed by atoms with van der Waals surface area (Å²) in [6.07, 6.45) is 0.455. The number of carbonyl (C=O) groups is 1. The van der Waals surface area contributed by atoms with Crippen LogP contribution in [-0.4, -0.2) is 30.8 Å². The number of hydrogen-bond acceptors (Lipinski definition) is 4. The second-order valence-corrected chi connectivity index (χ2v) is 4.62. The van der Waals surface area contributed by atoms with Crippen molar-refractivity contribution in [3.05, 3.63) is 0 Å². The first-order valence-electron chi connectivity index (χ1n) is 4.70. The Morgan fingerprint density at radius 1 is 1.29 bits per heavy atom. The molecule has 0 saturated heterocycles. The van der Waals surface area contributed by atoms with Crippen molar-refractivity contribution in [2.24, 2.45) is 5.73 Å². The van der Waals surface area contributed by atoms with Gasteiger partial charge in [-0.1, -0.05) is 0 Å². The van der Waals surface area contributed by atoms with E-state index in [-0.39, 0.29) is 5.60 Å². The van der Waals surface area contributed by atoms with Crippen molar-refractivity contribution in [3.63, 3.8) is 0 Å². The molecule has 4 nitrogen and oxygen atoms in total. The van der Waals surface area contributed by atoms with Crippen molar-refractivity contribution < 1.29 is 14.3 Å². The van der Waals surface area contributed by atoms with E-state index in [0.717, 1.165) is 0 Å². The van der Waals surface area contributed by atoms with Crippen molar-refractivity contribution in [2.75, 3.05) is 13.7 Å². The van der Waals surface area contributed by atoms with E-state index in [0.29, 0.717) is 13.0 Å². The first-order chi connectivity index (χ1) is 6.19. The summed E-state index contributed by atoms with van der Waals surface area (Å²) in [6, 6.07) is 0. The number of nitrogens with two attached hydrogens (primary N) is 1. The Balaban J connectivity index is 3.94. The van der Waals surface area contributed by atoms with Gasteiger partial charge in [-0.05, 0) is 34.1 Å². The average Bonchev–Trinajstić information content (AvgIpc) is 2.00. The molecule has 0 aromatic heterocycles. The fourth-order valence-corrected chi connectivity index (χ4v) is 0.904. The van der Waals surface area contributed by atoms with Crippen LogP contribution in [0.5, 0.6) is 0 Å². The van der Waals surface area contributed by atoms with E-state index in [1.54, 1.807) is 6.92 Å². The van der Waals surface area contributed by atoms with Crippen LogP contribution in [0.25, 0.3) is 0 Å². The predicted molar refractivity (Wildman–Crippen MR) is 54.9 cm³/mol. The van der Waals surface area contributed by atoms with Crippen molar-refractivity contribution in [1.29, 1.82) is 0 Å². The molecule has 0 aliphatic carbocycles. The highest BCUT2D eigenvalue weighted by Crippen LogP contribution is 2.12. The molecule has 0 spiro atoms. The van der Waals surface area contributed by atoms with Gasteiger partial charge in [0.1, 0.15) is 5.54 Å². The Bertz CT molecular complexity index is 194. The van der Waals surface area contributed by atoms with Gasteiger partial charge in [-0.2, -0.15) is 0 Å². The SMILES string of the molecule is COC(=O)C(C)(N)CCOC(C)(C)C. The van der Waals surface area contributed by atoms with Gasteiger partial charge in [-0.25, -0.2) is 0 Å². The molecule has 1 atom stereocenters. The molecular formula is C10H21NO3. The number of hydrogen-bond donors (Lipinski definition) is 1.